The van der Waals surface area contributed by atoms with Gasteiger partial charge in [-0.15, -0.1) is 23.1 Å². The summed E-state index contributed by atoms with van der Waals surface area (Å²) in [5.74, 6) is 1.43. The fourth-order valence-electron chi connectivity index (χ4n) is 3.45. The van der Waals surface area contributed by atoms with Crippen molar-refractivity contribution in [1.29, 1.82) is 0 Å². The number of nitrogens with zero attached hydrogens (tertiary/aromatic N) is 1. The van der Waals surface area contributed by atoms with Gasteiger partial charge in [0.25, 0.3) is 5.56 Å². The van der Waals surface area contributed by atoms with E-state index in [0.717, 1.165) is 39.9 Å². The molecule has 0 aliphatic heterocycles. The number of aryl methyl sites for hydroxylation is 1. The number of hydrogen-bond donors (Lipinski definition) is 1. The highest BCUT2D eigenvalue weighted by molar-refractivity contribution is 7.99. The number of nitrogens with one attached hydrogen (secondary N) is 1. The van der Waals surface area contributed by atoms with Crippen LogP contribution in [0.4, 0.5) is 0 Å². The highest BCUT2D eigenvalue weighted by atomic mass is 32.2. The zero-order valence-corrected chi connectivity index (χ0v) is 17.3. The van der Waals surface area contributed by atoms with Crippen LogP contribution in [0.3, 0.4) is 0 Å². The number of thioether (sulfide) groups is 1. The van der Waals surface area contributed by atoms with Crippen LogP contribution in [0.15, 0.2) is 40.0 Å². The smallest absolute Gasteiger partial charge is 0.307 e. The van der Waals surface area contributed by atoms with E-state index >= 15 is 0 Å². The van der Waals surface area contributed by atoms with Crippen LogP contribution in [-0.4, -0.2) is 21.7 Å². The number of aromatic nitrogens is 2. The maximum absolute atomic E-state index is 12.6. The maximum Gasteiger partial charge on any atom is 0.307 e. The van der Waals surface area contributed by atoms with Gasteiger partial charge in [0.15, 0.2) is 0 Å². The minimum Gasteiger partial charge on any atom is -0.457 e. The Morgan fingerprint density at radius 2 is 2.18 bits per heavy atom. The molecule has 0 saturated carbocycles. The fourth-order valence-corrected chi connectivity index (χ4v) is 5.71. The molecule has 28 heavy (non-hydrogen) atoms. The lowest BCUT2D eigenvalue weighted by molar-refractivity contribution is -0.144. The Labute approximate surface area is 171 Å². The van der Waals surface area contributed by atoms with Gasteiger partial charge in [-0.25, -0.2) is 4.98 Å². The number of esters is 1. The van der Waals surface area contributed by atoms with Crippen LogP contribution in [0.2, 0.25) is 0 Å². The molecule has 0 bridgehead atoms. The molecular formula is C21H22N2O3S2. The van der Waals surface area contributed by atoms with Gasteiger partial charge in [0.1, 0.15) is 17.3 Å². The Morgan fingerprint density at radius 3 is 3.00 bits per heavy atom. The monoisotopic (exact) mass is 414 g/mol. The van der Waals surface area contributed by atoms with Crippen LogP contribution in [0.5, 0.6) is 0 Å². The van der Waals surface area contributed by atoms with Crippen molar-refractivity contribution >= 4 is 39.3 Å². The number of carbonyl (C=O) groups is 1. The topological polar surface area (TPSA) is 72.0 Å². The third-order valence-electron chi connectivity index (χ3n) is 4.90. The Kier molecular flexibility index (Phi) is 5.82. The molecule has 5 nitrogen and oxygen atoms in total. The Bertz CT molecular complexity index is 1040. The van der Waals surface area contributed by atoms with Crippen molar-refractivity contribution in [3.63, 3.8) is 0 Å². The quantitative estimate of drug-likeness (QED) is 0.480. The largest absolute Gasteiger partial charge is 0.457 e. The van der Waals surface area contributed by atoms with E-state index in [4.69, 9.17) is 4.74 Å². The van der Waals surface area contributed by atoms with Crippen LogP contribution in [0.25, 0.3) is 10.2 Å². The van der Waals surface area contributed by atoms with Crippen LogP contribution < -0.4 is 5.56 Å². The summed E-state index contributed by atoms with van der Waals surface area (Å²) < 4.78 is 5.31. The lowest BCUT2D eigenvalue weighted by Gasteiger charge is -2.17. The molecule has 4 rings (SSSR count). The second-order valence-corrected chi connectivity index (χ2v) is 9.37. The first-order valence-electron chi connectivity index (χ1n) is 9.47. The molecule has 1 N–H and O–H groups in total. The number of hydrogen-bond acceptors (Lipinski definition) is 6. The maximum atomic E-state index is 12.6. The fraction of sp³-hybridized carbons (Fsp3) is 0.381. The molecule has 1 atom stereocenters. The summed E-state index contributed by atoms with van der Waals surface area (Å²) in [6.07, 6.45) is 3.38. The van der Waals surface area contributed by atoms with Crippen LogP contribution in [-0.2, 0) is 29.0 Å². The average Bonchev–Trinajstić information content (AvgIpc) is 3.05. The zero-order valence-electron chi connectivity index (χ0n) is 15.7. The molecule has 2 aromatic heterocycles. The van der Waals surface area contributed by atoms with Crippen LogP contribution in [0.1, 0.15) is 36.0 Å². The third kappa shape index (κ3) is 4.31. The van der Waals surface area contributed by atoms with E-state index in [2.05, 4.69) is 16.9 Å². The lowest BCUT2D eigenvalue weighted by Crippen LogP contribution is -2.16. The molecule has 1 aliphatic rings. The molecule has 3 aromatic rings. The van der Waals surface area contributed by atoms with Crippen LogP contribution in [0, 0.1) is 5.92 Å². The molecule has 0 spiro atoms. The number of aromatic amines is 1. The van der Waals surface area contributed by atoms with Gasteiger partial charge in [0.2, 0.25) is 0 Å². The minimum atomic E-state index is -0.287. The summed E-state index contributed by atoms with van der Waals surface area (Å²) in [4.78, 5) is 35.1. The summed E-state index contributed by atoms with van der Waals surface area (Å²) in [6.45, 7) is 2.24. The highest BCUT2D eigenvalue weighted by Crippen LogP contribution is 2.35. The lowest BCUT2D eigenvalue weighted by atomic mass is 9.89. The average molecular weight is 415 g/mol. The van der Waals surface area contributed by atoms with Crippen molar-refractivity contribution in [2.24, 2.45) is 5.92 Å². The van der Waals surface area contributed by atoms with Crippen molar-refractivity contribution in [2.45, 2.75) is 44.1 Å². The SMILES string of the molecule is C[C@H]1CCc2c(sc3nc(COC(=O)CCSc4ccccc4)[nH]c(=O)c23)C1. The molecule has 146 valence electrons. The van der Waals surface area contributed by atoms with E-state index in [0.29, 0.717) is 23.9 Å². The molecule has 0 amide bonds. The number of ether oxygens (including phenoxy) is 1. The van der Waals surface area contributed by atoms with Crippen molar-refractivity contribution < 1.29 is 9.53 Å². The second kappa shape index (κ2) is 8.49. The summed E-state index contributed by atoms with van der Waals surface area (Å²) in [6, 6.07) is 9.94. The van der Waals surface area contributed by atoms with Gasteiger partial charge in [-0.1, -0.05) is 25.1 Å². The van der Waals surface area contributed by atoms with Gasteiger partial charge in [-0.2, -0.15) is 0 Å². The van der Waals surface area contributed by atoms with Crippen LogP contribution >= 0.6 is 23.1 Å². The predicted molar refractivity (Wildman–Crippen MR) is 113 cm³/mol. The van der Waals surface area contributed by atoms with Crippen molar-refractivity contribution in [2.75, 3.05) is 5.75 Å². The number of H-pyrrole nitrogens is 1. The minimum absolute atomic E-state index is 0.00101. The van der Waals surface area contributed by atoms with E-state index in [1.807, 2.05) is 30.3 Å². The molecule has 0 fully saturated rings. The van der Waals surface area contributed by atoms with E-state index in [9.17, 15) is 9.59 Å². The first-order valence-corrected chi connectivity index (χ1v) is 11.3. The molecule has 1 aliphatic carbocycles. The molecule has 0 unspecified atom stereocenters. The summed E-state index contributed by atoms with van der Waals surface area (Å²) in [5.41, 5.74) is 1.04. The number of benzene rings is 1. The Morgan fingerprint density at radius 1 is 1.36 bits per heavy atom. The van der Waals surface area contributed by atoms with Crippen molar-refractivity contribution in [3.8, 4) is 0 Å². The molecular weight excluding hydrogens is 392 g/mol. The molecule has 7 heteroatoms. The van der Waals surface area contributed by atoms with E-state index in [1.54, 1.807) is 23.1 Å². The van der Waals surface area contributed by atoms with Gasteiger partial charge in [0.05, 0.1) is 11.8 Å². The Hall–Kier alpha value is -2.12. The highest BCUT2D eigenvalue weighted by Gasteiger charge is 2.23. The molecule has 0 radical (unpaired) electrons. The molecule has 1 aromatic carbocycles. The number of rotatable bonds is 6. The van der Waals surface area contributed by atoms with Gasteiger partial charge in [0, 0.05) is 15.5 Å². The molecule has 2 heterocycles. The van der Waals surface area contributed by atoms with E-state index < -0.39 is 0 Å². The first kappa shape index (κ1) is 19.2. The normalized spacial score (nSPS) is 16.1. The van der Waals surface area contributed by atoms with Gasteiger partial charge < -0.3 is 9.72 Å². The summed E-state index contributed by atoms with van der Waals surface area (Å²) >= 11 is 3.22. The van der Waals surface area contributed by atoms with E-state index in [-0.39, 0.29) is 18.1 Å². The Balaban J connectivity index is 1.37. The number of thiophene rings is 1. The second-order valence-electron chi connectivity index (χ2n) is 7.12. The van der Waals surface area contributed by atoms with Crippen molar-refractivity contribution in [1.82, 2.24) is 9.97 Å². The summed E-state index contributed by atoms with van der Waals surface area (Å²) in [7, 11) is 0. The predicted octanol–water partition coefficient (Wildman–Crippen LogP) is 4.34. The zero-order chi connectivity index (χ0) is 19.5. The first-order chi connectivity index (χ1) is 13.6. The third-order valence-corrected chi connectivity index (χ3v) is 7.06. The van der Waals surface area contributed by atoms with Crippen molar-refractivity contribution in [3.05, 3.63) is 57.0 Å². The van der Waals surface area contributed by atoms with E-state index in [1.165, 1.54) is 4.88 Å². The summed E-state index contributed by atoms with van der Waals surface area (Å²) in [5, 5.41) is 0.723. The standard InChI is InChI=1S/C21H22N2O3S2/c1-13-7-8-15-16(11-13)28-21-19(15)20(25)22-17(23-21)12-26-18(24)9-10-27-14-5-3-2-4-6-14/h2-6,13H,7-12H2,1H3,(H,22,23,25)/t13-/m0/s1. The van der Waals surface area contributed by atoms with Gasteiger partial charge >= 0.3 is 5.97 Å². The van der Waals surface area contributed by atoms with Gasteiger partial charge in [-0.05, 0) is 42.9 Å². The molecule has 0 saturated heterocycles. The number of fused-ring (bicyclic) bond motifs is 3. The van der Waals surface area contributed by atoms with Gasteiger partial charge in [-0.3, -0.25) is 9.59 Å². The number of carbonyl (C=O) groups excluding carboxylic acids is 1.